The van der Waals surface area contributed by atoms with Crippen LogP contribution in [0.5, 0.6) is 0 Å². The molecule has 5 rings (SSSR count). The number of hydrogen-bond donors (Lipinski definition) is 0. The van der Waals surface area contributed by atoms with Gasteiger partial charge in [0.05, 0.1) is 21.8 Å². The van der Waals surface area contributed by atoms with Crippen LogP contribution in [0.4, 0.5) is 23.5 Å². The Morgan fingerprint density at radius 3 is 2.44 bits per heavy atom. The summed E-state index contributed by atoms with van der Waals surface area (Å²) < 4.78 is 55.0. The SMILES string of the molecule is O=C(c1ccc(F)cc1C(F)(F)F)N1CCN(c2nc3nccc(-c4cc(Cl)ccc4Cl)n3n2)CC1. The van der Waals surface area contributed by atoms with Crippen LogP contribution in [-0.4, -0.2) is 56.6 Å². The number of alkyl halides is 3. The van der Waals surface area contributed by atoms with E-state index in [0.717, 1.165) is 12.1 Å². The van der Waals surface area contributed by atoms with Gasteiger partial charge in [-0.25, -0.2) is 9.37 Å². The van der Waals surface area contributed by atoms with E-state index in [4.69, 9.17) is 23.2 Å². The number of carbonyl (C=O) groups excluding carboxylic acids is 1. The number of halogens is 6. The second-order valence-electron chi connectivity index (χ2n) is 8.04. The molecule has 1 aliphatic heterocycles. The lowest BCUT2D eigenvalue weighted by Gasteiger charge is -2.34. The monoisotopic (exact) mass is 538 g/mol. The Bertz CT molecular complexity index is 1470. The third-order valence-corrected chi connectivity index (χ3v) is 6.37. The highest BCUT2D eigenvalue weighted by molar-refractivity contribution is 6.35. The predicted octanol–water partition coefficient (Wildman–Crippen LogP) is 5.22. The molecule has 1 amide bonds. The summed E-state index contributed by atoms with van der Waals surface area (Å²) >= 11 is 12.5. The molecule has 13 heteroatoms. The fourth-order valence-corrected chi connectivity index (χ4v) is 4.42. The maximum Gasteiger partial charge on any atom is 0.417 e. The molecule has 0 N–H and O–H groups in total. The van der Waals surface area contributed by atoms with Gasteiger partial charge in [0.25, 0.3) is 11.7 Å². The van der Waals surface area contributed by atoms with Gasteiger partial charge < -0.3 is 9.80 Å². The highest BCUT2D eigenvalue weighted by atomic mass is 35.5. The zero-order valence-electron chi connectivity index (χ0n) is 18.3. The summed E-state index contributed by atoms with van der Waals surface area (Å²) in [5.74, 6) is -1.21. The number of anilines is 1. The minimum Gasteiger partial charge on any atom is -0.336 e. The first-order chi connectivity index (χ1) is 17.1. The molecule has 4 aromatic rings. The van der Waals surface area contributed by atoms with Crippen LogP contribution in [0.1, 0.15) is 15.9 Å². The lowest BCUT2D eigenvalue weighted by Crippen LogP contribution is -2.49. The number of fused-ring (bicyclic) bond motifs is 1. The first-order valence-electron chi connectivity index (χ1n) is 10.7. The van der Waals surface area contributed by atoms with Gasteiger partial charge in [-0.15, -0.1) is 5.10 Å². The third-order valence-electron chi connectivity index (χ3n) is 5.80. The van der Waals surface area contributed by atoms with E-state index in [1.165, 1.54) is 9.42 Å². The van der Waals surface area contributed by atoms with Crippen LogP contribution < -0.4 is 4.90 Å². The van der Waals surface area contributed by atoms with Gasteiger partial charge in [-0.2, -0.15) is 22.7 Å². The Morgan fingerprint density at radius 1 is 0.972 bits per heavy atom. The average molecular weight is 539 g/mol. The number of aromatic nitrogens is 4. The Morgan fingerprint density at radius 2 is 1.72 bits per heavy atom. The molecule has 7 nitrogen and oxygen atoms in total. The fraction of sp³-hybridized carbons (Fsp3) is 0.217. The van der Waals surface area contributed by atoms with Gasteiger partial charge in [0.1, 0.15) is 5.82 Å². The van der Waals surface area contributed by atoms with Crippen molar-refractivity contribution in [3.63, 3.8) is 0 Å². The maximum atomic E-state index is 13.4. The van der Waals surface area contributed by atoms with Crippen molar-refractivity contribution in [1.82, 2.24) is 24.5 Å². The van der Waals surface area contributed by atoms with Gasteiger partial charge in [-0.3, -0.25) is 4.79 Å². The molecule has 3 heterocycles. The Balaban J connectivity index is 1.37. The number of carbonyl (C=O) groups is 1. The molecule has 1 fully saturated rings. The molecule has 0 bridgehead atoms. The molecule has 186 valence electrons. The van der Waals surface area contributed by atoms with Crippen LogP contribution in [0.3, 0.4) is 0 Å². The summed E-state index contributed by atoms with van der Waals surface area (Å²) in [6, 6.07) is 8.81. The lowest BCUT2D eigenvalue weighted by atomic mass is 10.0. The van der Waals surface area contributed by atoms with Crippen molar-refractivity contribution in [3.05, 3.63) is 75.7 Å². The van der Waals surface area contributed by atoms with Gasteiger partial charge in [0, 0.05) is 43.0 Å². The quantitative estimate of drug-likeness (QED) is 0.334. The molecule has 1 saturated heterocycles. The van der Waals surface area contributed by atoms with Gasteiger partial charge in [-0.05, 0) is 42.5 Å². The molecule has 36 heavy (non-hydrogen) atoms. The number of nitrogens with zero attached hydrogens (tertiary/aromatic N) is 6. The minimum absolute atomic E-state index is 0.128. The second kappa shape index (κ2) is 9.21. The topological polar surface area (TPSA) is 66.6 Å². The van der Waals surface area contributed by atoms with Crippen LogP contribution in [0.15, 0.2) is 48.7 Å². The zero-order chi connectivity index (χ0) is 25.6. The van der Waals surface area contributed by atoms with E-state index in [1.807, 2.05) is 0 Å². The standard InChI is InChI=1S/C23H16Cl2F4N6O/c24-13-1-4-18(25)16(11-13)19-5-6-30-21-31-22(32-35(19)21)34-9-7-33(8-10-34)20(36)15-3-2-14(26)12-17(15)23(27,28)29/h1-6,11-12H,7-10H2. The van der Waals surface area contributed by atoms with Gasteiger partial charge >= 0.3 is 6.18 Å². The molecule has 0 spiro atoms. The Labute approximate surface area is 211 Å². The fourth-order valence-electron chi connectivity index (χ4n) is 4.03. The highest BCUT2D eigenvalue weighted by Crippen LogP contribution is 2.34. The Hall–Kier alpha value is -3.44. The molecule has 0 aliphatic carbocycles. The van der Waals surface area contributed by atoms with Crippen LogP contribution in [-0.2, 0) is 6.18 Å². The van der Waals surface area contributed by atoms with Crippen molar-refractivity contribution in [1.29, 1.82) is 0 Å². The van der Waals surface area contributed by atoms with Crippen LogP contribution in [0, 0.1) is 5.82 Å². The van der Waals surface area contributed by atoms with Crippen LogP contribution >= 0.6 is 23.2 Å². The van der Waals surface area contributed by atoms with E-state index in [2.05, 4.69) is 15.1 Å². The van der Waals surface area contributed by atoms with Crippen molar-refractivity contribution in [3.8, 4) is 11.3 Å². The van der Waals surface area contributed by atoms with E-state index in [9.17, 15) is 22.4 Å². The highest BCUT2D eigenvalue weighted by Gasteiger charge is 2.37. The molecule has 0 saturated carbocycles. The molecular weight excluding hydrogens is 523 g/mol. The van der Waals surface area contributed by atoms with Crippen molar-refractivity contribution in [2.75, 3.05) is 31.1 Å². The number of rotatable bonds is 3. The van der Waals surface area contributed by atoms with Gasteiger partial charge in [0.2, 0.25) is 5.95 Å². The van der Waals surface area contributed by atoms with Gasteiger partial charge in [-0.1, -0.05) is 23.2 Å². The Kier molecular flexibility index (Phi) is 6.21. The number of amides is 1. The molecule has 0 unspecified atom stereocenters. The average Bonchev–Trinajstić information content (AvgIpc) is 3.29. The first-order valence-corrected chi connectivity index (χ1v) is 11.5. The summed E-state index contributed by atoms with van der Waals surface area (Å²) in [4.78, 5) is 24.6. The number of benzene rings is 2. The van der Waals surface area contributed by atoms with Crippen LogP contribution in [0.2, 0.25) is 10.0 Å². The van der Waals surface area contributed by atoms with E-state index in [0.29, 0.717) is 39.1 Å². The van der Waals surface area contributed by atoms with E-state index in [-0.39, 0.29) is 26.2 Å². The smallest absolute Gasteiger partial charge is 0.336 e. The number of hydrogen-bond acceptors (Lipinski definition) is 5. The number of piperazine rings is 1. The molecule has 2 aromatic heterocycles. The second-order valence-corrected chi connectivity index (χ2v) is 8.89. The molecule has 1 aliphatic rings. The molecular formula is C23H16Cl2F4N6O. The predicted molar refractivity (Wildman–Crippen MR) is 126 cm³/mol. The van der Waals surface area contributed by atoms with Gasteiger partial charge in [0.15, 0.2) is 0 Å². The van der Waals surface area contributed by atoms with E-state index >= 15 is 0 Å². The van der Waals surface area contributed by atoms with Crippen molar-refractivity contribution in [2.24, 2.45) is 0 Å². The molecule has 0 atom stereocenters. The molecule has 0 radical (unpaired) electrons. The van der Waals surface area contributed by atoms with Crippen molar-refractivity contribution < 1.29 is 22.4 Å². The van der Waals surface area contributed by atoms with Crippen molar-refractivity contribution >= 4 is 40.8 Å². The van der Waals surface area contributed by atoms with E-state index < -0.39 is 29.0 Å². The van der Waals surface area contributed by atoms with Crippen molar-refractivity contribution in [2.45, 2.75) is 6.18 Å². The van der Waals surface area contributed by atoms with E-state index in [1.54, 1.807) is 35.4 Å². The lowest BCUT2D eigenvalue weighted by molar-refractivity contribution is -0.138. The summed E-state index contributed by atoms with van der Waals surface area (Å²) in [5, 5.41) is 5.50. The maximum absolute atomic E-state index is 13.4. The van der Waals surface area contributed by atoms with Crippen LogP contribution in [0.25, 0.3) is 17.0 Å². The largest absolute Gasteiger partial charge is 0.417 e. The summed E-state index contributed by atoms with van der Waals surface area (Å²) in [7, 11) is 0. The minimum atomic E-state index is -4.86. The normalized spacial score (nSPS) is 14.5. The summed E-state index contributed by atoms with van der Waals surface area (Å²) in [6.45, 7) is 0.809. The molecule has 2 aromatic carbocycles. The first kappa shape index (κ1) is 24.3. The zero-order valence-corrected chi connectivity index (χ0v) is 19.8. The summed E-state index contributed by atoms with van der Waals surface area (Å²) in [6.07, 6.45) is -3.29. The third kappa shape index (κ3) is 4.56. The summed E-state index contributed by atoms with van der Waals surface area (Å²) in [5.41, 5.74) is -0.620.